The Bertz CT molecular complexity index is 1240. The molecule has 2 aromatic heterocycles. The van der Waals surface area contributed by atoms with Gasteiger partial charge in [-0.3, -0.25) is 4.57 Å². The lowest BCUT2D eigenvalue weighted by Gasteiger charge is -2.20. The fourth-order valence-electron chi connectivity index (χ4n) is 3.11. The summed E-state index contributed by atoms with van der Waals surface area (Å²) in [5, 5.41) is 4.35. The number of aromatic nitrogens is 2. The SMILES string of the molecule is Cc1ccc(-c2cc3c(N[C@@H](Cc4ccccc4)P(=O)(O)O)ncnc3s2)cc1Cl. The first-order valence-corrected chi connectivity index (χ1v) is 12.1. The van der Waals surface area contributed by atoms with E-state index >= 15 is 0 Å². The smallest absolute Gasteiger partial charge is 0.347 e. The first-order valence-electron chi connectivity index (χ1n) is 9.18. The van der Waals surface area contributed by atoms with Crippen LogP contribution < -0.4 is 5.32 Å². The van der Waals surface area contributed by atoms with Crippen LogP contribution >= 0.6 is 30.5 Å². The number of halogens is 1. The first kappa shape index (κ1) is 21.0. The zero-order valence-electron chi connectivity index (χ0n) is 16.0. The van der Waals surface area contributed by atoms with Crippen molar-refractivity contribution < 1.29 is 14.4 Å². The van der Waals surface area contributed by atoms with E-state index in [1.54, 1.807) is 0 Å². The van der Waals surface area contributed by atoms with Crippen LogP contribution in [0.2, 0.25) is 5.02 Å². The van der Waals surface area contributed by atoms with Gasteiger partial charge in [0, 0.05) is 16.3 Å². The predicted octanol–water partition coefficient (Wildman–Crippen LogP) is 5.48. The predicted molar refractivity (Wildman–Crippen MR) is 122 cm³/mol. The van der Waals surface area contributed by atoms with Crippen molar-refractivity contribution in [3.8, 4) is 10.4 Å². The van der Waals surface area contributed by atoms with Crippen LogP contribution in [0.5, 0.6) is 0 Å². The van der Waals surface area contributed by atoms with Crippen LogP contribution in [0.15, 0.2) is 60.9 Å². The second-order valence-electron chi connectivity index (χ2n) is 6.95. The fourth-order valence-corrected chi connectivity index (χ4v) is 5.02. The molecule has 0 aliphatic heterocycles. The normalized spacial score (nSPS) is 12.8. The Balaban J connectivity index is 1.70. The summed E-state index contributed by atoms with van der Waals surface area (Å²) in [5.41, 5.74) is 2.77. The van der Waals surface area contributed by atoms with Gasteiger partial charge >= 0.3 is 7.60 Å². The van der Waals surface area contributed by atoms with Gasteiger partial charge < -0.3 is 15.1 Å². The Hall–Kier alpha value is -2.28. The molecule has 1 atom stereocenters. The number of hydrogen-bond acceptors (Lipinski definition) is 5. The van der Waals surface area contributed by atoms with Gasteiger partial charge in [-0.15, -0.1) is 11.3 Å². The van der Waals surface area contributed by atoms with Crippen LogP contribution in [-0.4, -0.2) is 25.5 Å². The third-order valence-electron chi connectivity index (χ3n) is 4.77. The minimum atomic E-state index is -4.43. The molecule has 2 aromatic carbocycles. The van der Waals surface area contributed by atoms with Crippen molar-refractivity contribution >= 4 is 46.6 Å². The molecule has 9 heteroatoms. The summed E-state index contributed by atoms with van der Waals surface area (Å²) >= 11 is 7.74. The van der Waals surface area contributed by atoms with E-state index in [4.69, 9.17) is 11.6 Å². The highest BCUT2D eigenvalue weighted by molar-refractivity contribution is 7.52. The van der Waals surface area contributed by atoms with E-state index in [9.17, 15) is 14.4 Å². The van der Waals surface area contributed by atoms with Crippen molar-refractivity contribution in [2.75, 3.05) is 5.32 Å². The van der Waals surface area contributed by atoms with E-state index in [1.165, 1.54) is 17.7 Å². The summed E-state index contributed by atoms with van der Waals surface area (Å²) in [6, 6.07) is 17.0. The number of anilines is 1. The first-order chi connectivity index (χ1) is 14.3. The van der Waals surface area contributed by atoms with Crippen LogP contribution in [0.4, 0.5) is 5.82 Å². The molecule has 3 N–H and O–H groups in total. The molecule has 0 aliphatic rings. The van der Waals surface area contributed by atoms with Crippen molar-refractivity contribution in [2.45, 2.75) is 19.1 Å². The number of nitrogens with one attached hydrogen (secondary N) is 1. The molecule has 154 valence electrons. The summed E-state index contributed by atoms with van der Waals surface area (Å²) in [6.07, 6.45) is 1.56. The minimum absolute atomic E-state index is 0.168. The molecule has 30 heavy (non-hydrogen) atoms. The highest BCUT2D eigenvalue weighted by Gasteiger charge is 2.30. The molecule has 0 saturated heterocycles. The monoisotopic (exact) mass is 459 g/mol. The van der Waals surface area contributed by atoms with E-state index in [-0.39, 0.29) is 6.42 Å². The number of rotatable bonds is 6. The number of nitrogens with zero attached hydrogens (tertiary/aromatic N) is 2. The molecule has 0 radical (unpaired) electrons. The summed E-state index contributed by atoms with van der Waals surface area (Å²) in [4.78, 5) is 30.1. The van der Waals surface area contributed by atoms with Crippen LogP contribution in [0.25, 0.3) is 20.7 Å². The van der Waals surface area contributed by atoms with E-state index in [2.05, 4.69) is 15.3 Å². The summed E-state index contributed by atoms with van der Waals surface area (Å²) in [5.74, 6) is -0.708. The zero-order valence-corrected chi connectivity index (χ0v) is 18.5. The largest absolute Gasteiger partial charge is 0.355 e. The molecular weight excluding hydrogens is 441 g/mol. The van der Waals surface area contributed by atoms with Gasteiger partial charge in [-0.2, -0.15) is 0 Å². The van der Waals surface area contributed by atoms with Gasteiger partial charge in [0.1, 0.15) is 22.8 Å². The molecule has 4 rings (SSSR count). The molecular formula is C21H19ClN3O3PS. The van der Waals surface area contributed by atoms with Gasteiger partial charge in [0.2, 0.25) is 0 Å². The van der Waals surface area contributed by atoms with Gasteiger partial charge in [-0.1, -0.05) is 54.1 Å². The van der Waals surface area contributed by atoms with Crippen molar-refractivity contribution in [3.63, 3.8) is 0 Å². The van der Waals surface area contributed by atoms with Crippen molar-refractivity contribution in [2.24, 2.45) is 0 Å². The maximum absolute atomic E-state index is 12.1. The summed E-state index contributed by atoms with van der Waals surface area (Å²) < 4.78 is 12.1. The lowest BCUT2D eigenvalue weighted by molar-refractivity contribution is 0.361. The zero-order chi connectivity index (χ0) is 21.3. The average Bonchev–Trinajstić information content (AvgIpc) is 3.15. The molecule has 0 spiro atoms. The highest BCUT2D eigenvalue weighted by Crippen LogP contribution is 2.44. The maximum Gasteiger partial charge on any atom is 0.347 e. The van der Waals surface area contributed by atoms with Crippen LogP contribution in [0.3, 0.4) is 0 Å². The second kappa shape index (κ2) is 8.46. The third-order valence-corrected chi connectivity index (χ3v) is 7.39. The van der Waals surface area contributed by atoms with Crippen LogP contribution in [-0.2, 0) is 11.0 Å². The molecule has 0 unspecified atom stereocenters. The Kier molecular flexibility index (Phi) is 5.91. The number of fused-ring (bicyclic) bond motifs is 1. The number of hydrogen-bond donors (Lipinski definition) is 3. The van der Waals surface area contributed by atoms with Gasteiger partial charge in [0.15, 0.2) is 0 Å². The Morgan fingerprint density at radius 3 is 2.60 bits per heavy atom. The van der Waals surface area contributed by atoms with Gasteiger partial charge in [-0.25, -0.2) is 9.97 Å². The maximum atomic E-state index is 12.1. The topological polar surface area (TPSA) is 95.3 Å². The van der Waals surface area contributed by atoms with E-state index < -0.39 is 13.4 Å². The van der Waals surface area contributed by atoms with Gasteiger partial charge in [-0.05, 0) is 35.7 Å². The molecule has 0 bridgehead atoms. The van der Waals surface area contributed by atoms with Crippen molar-refractivity contribution in [1.82, 2.24) is 9.97 Å². The minimum Gasteiger partial charge on any atom is -0.355 e. The molecule has 6 nitrogen and oxygen atoms in total. The third kappa shape index (κ3) is 4.56. The Morgan fingerprint density at radius 2 is 1.90 bits per heavy atom. The van der Waals surface area contributed by atoms with E-state index in [0.29, 0.717) is 16.2 Å². The summed E-state index contributed by atoms with van der Waals surface area (Å²) in [6.45, 7) is 1.94. The highest BCUT2D eigenvalue weighted by atomic mass is 35.5. The van der Waals surface area contributed by atoms with Crippen LogP contribution in [0.1, 0.15) is 11.1 Å². The van der Waals surface area contributed by atoms with Crippen LogP contribution in [0, 0.1) is 6.92 Å². The molecule has 0 saturated carbocycles. The second-order valence-corrected chi connectivity index (χ2v) is 10.2. The molecule has 0 amide bonds. The number of aryl methyl sites for hydroxylation is 1. The Morgan fingerprint density at radius 1 is 1.13 bits per heavy atom. The fraction of sp³-hybridized carbons (Fsp3) is 0.143. The van der Waals surface area contributed by atoms with E-state index in [1.807, 2.05) is 61.5 Å². The number of thiophene rings is 1. The molecule has 0 aliphatic carbocycles. The number of benzene rings is 2. The molecule has 0 fully saturated rings. The standard InChI is InChI=1S/C21H19ClN3O3PS/c1-13-7-8-15(10-17(13)22)18-11-16-20(23-12-24-21(16)30-18)25-19(29(26,27)28)9-14-5-3-2-4-6-14/h2-8,10-12,19H,9H2,1H3,(H,23,24,25)(H2,26,27,28)/t19-/m1/s1. The lowest BCUT2D eigenvalue weighted by atomic mass is 10.1. The van der Waals surface area contributed by atoms with Gasteiger partial charge in [0.25, 0.3) is 0 Å². The summed E-state index contributed by atoms with van der Waals surface area (Å²) in [7, 11) is -4.43. The molecule has 2 heterocycles. The molecule has 4 aromatic rings. The average molecular weight is 460 g/mol. The quantitative estimate of drug-likeness (QED) is 0.330. The van der Waals surface area contributed by atoms with Crippen molar-refractivity contribution in [3.05, 3.63) is 77.1 Å². The van der Waals surface area contributed by atoms with E-state index in [0.717, 1.165) is 26.4 Å². The van der Waals surface area contributed by atoms with Gasteiger partial charge in [0.05, 0.1) is 5.39 Å². The van der Waals surface area contributed by atoms with Crippen molar-refractivity contribution in [1.29, 1.82) is 0 Å². The lowest BCUT2D eigenvalue weighted by Crippen LogP contribution is -2.23. The Labute approximate surface area is 182 Å².